The Morgan fingerprint density at radius 3 is 2.67 bits per heavy atom. The molecule has 1 aromatic rings. The van der Waals surface area contributed by atoms with Crippen LogP contribution in [0.2, 0.25) is 0 Å². The summed E-state index contributed by atoms with van der Waals surface area (Å²) in [6.45, 7) is 9.91. The predicted octanol–water partition coefficient (Wildman–Crippen LogP) is 2.39. The van der Waals surface area contributed by atoms with Crippen LogP contribution in [0.1, 0.15) is 50.4 Å². The van der Waals surface area contributed by atoms with Crippen molar-refractivity contribution in [3.05, 3.63) is 11.4 Å². The van der Waals surface area contributed by atoms with Gasteiger partial charge in [0.2, 0.25) is 0 Å². The number of nitrogens with one attached hydrogen (secondary N) is 1. The number of nitrogen functional groups attached to an aromatic ring is 1. The minimum absolute atomic E-state index is 0.538. The normalized spacial score (nSPS) is 23.0. The maximum absolute atomic E-state index is 6.03. The number of hydrogen-bond donors (Lipinski definition) is 2. The fourth-order valence-corrected chi connectivity index (χ4v) is 2.99. The van der Waals surface area contributed by atoms with Gasteiger partial charge >= 0.3 is 0 Å². The lowest BCUT2D eigenvalue weighted by molar-refractivity contribution is 0.266. The van der Waals surface area contributed by atoms with Gasteiger partial charge in [-0.15, -0.1) is 0 Å². The van der Waals surface area contributed by atoms with Gasteiger partial charge in [-0.1, -0.05) is 0 Å². The first kappa shape index (κ1) is 14.6. The summed E-state index contributed by atoms with van der Waals surface area (Å²) in [5, 5.41) is 3.52. The summed E-state index contributed by atoms with van der Waals surface area (Å²) in [5.41, 5.74) is 7.02. The molecule has 3 N–H and O–H groups in total. The van der Waals surface area contributed by atoms with E-state index in [9.17, 15) is 0 Å². The number of nitrogens with zero attached hydrogens (tertiary/aromatic N) is 3. The molecular formula is C16H27N5. The predicted molar refractivity (Wildman–Crippen MR) is 86.5 cm³/mol. The zero-order valence-corrected chi connectivity index (χ0v) is 13.4. The van der Waals surface area contributed by atoms with E-state index in [1.807, 2.05) is 6.92 Å². The van der Waals surface area contributed by atoms with E-state index < -0.39 is 0 Å². The van der Waals surface area contributed by atoms with Crippen LogP contribution in [0.3, 0.4) is 0 Å². The van der Waals surface area contributed by atoms with Crippen LogP contribution in [0.5, 0.6) is 0 Å². The van der Waals surface area contributed by atoms with Crippen LogP contribution in [0.4, 0.5) is 11.6 Å². The van der Waals surface area contributed by atoms with Crippen molar-refractivity contribution in [3.8, 4) is 0 Å². The minimum Gasteiger partial charge on any atom is -0.383 e. The molecule has 1 atom stereocenters. The Morgan fingerprint density at radius 1 is 1.29 bits per heavy atom. The SMILES string of the molecule is Cc1c(N)nc(C2CC2)nc1NCC1CCN(C(C)C)C1. The van der Waals surface area contributed by atoms with Crippen LogP contribution < -0.4 is 11.1 Å². The number of aromatic nitrogens is 2. The number of anilines is 2. The first-order chi connectivity index (χ1) is 10.0. The number of hydrogen-bond acceptors (Lipinski definition) is 5. The summed E-state index contributed by atoms with van der Waals surface area (Å²) < 4.78 is 0. The molecule has 1 aliphatic heterocycles. The van der Waals surface area contributed by atoms with Crippen molar-refractivity contribution in [2.24, 2.45) is 5.92 Å². The van der Waals surface area contributed by atoms with Crippen LogP contribution in [0, 0.1) is 12.8 Å². The first-order valence-electron chi connectivity index (χ1n) is 8.16. The van der Waals surface area contributed by atoms with Gasteiger partial charge in [0.15, 0.2) is 0 Å². The molecule has 2 heterocycles. The molecule has 0 bridgehead atoms. The lowest BCUT2D eigenvalue weighted by Crippen LogP contribution is -2.29. The van der Waals surface area contributed by atoms with Crippen LogP contribution in [0.15, 0.2) is 0 Å². The van der Waals surface area contributed by atoms with Gasteiger partial charge < -0.3 is 16.0 Å². The Bertz CT molecular complexity index is 510. The highest BCUT2D eigenvalue weighted by atomic mass is 15.2. The summed E-state index contributed by atoms with van der Waals surface area (Å²) >= 11 is 0. The number of rotatable bonds is 5. The van der Waals surface area contributed by atoms with E-state index in [2.05, 4.69) is 29.0 Å². The van der Waals surface area contributed by atoms with Gasteiger partial charge in [-0.2, -0.15) is 0 Å². The molecule has 21 heavy (non-hydrogen) atoms. The summed E-state index contributed by atoms with van der Waals surface area (Å²) in [4.78, 5) is 11.7. The van der Waals surface area contributed by atoms with Crippen molar-refractivity contribution in [2.75, 3.05) is 30.7 Å². The molecule has 0 radical (unpaired) electrons. The smallest absolute Gasteiger partial charge is 0.136 e. The largest absolute Gasteiger partial charge is 0.383 e. The highest BCUT2D eigenvalue weighted by Crippen LogP contribution is 2.39. The topological polar surface area (TPSA) is 67.1 Å². The molecule has 2 fully saturated rings. The Balaban J connectivity index is 1.62. The fraction of sp³-hybridized carbons (Fsp3) is 0.750. The third-order valence-electron chi connectivity index (χ3n) is 4.75. The Labute approximate surface area is 127 Å². The quantitative estimate of drug-likeness (QED) is 0.871. The van der Waals surface area contributed by atoms with E-state index >= 15 is 0 Å². The second-order valence-electron chi connectivity index (χ2n) is 6.84. The van der Waals surface area contributed by atoms with Crippen LogP contribution in [-0.2, 0) is 0 Å². The van der Waals surface area contributed by atoms with Gasteiger partial charge in [0.25, 0.3) is 0 Å². The average molecular weight is 289 g/mol. The van der Waals surface area contributed by atoms with E-state index in [0.717, 1.165) is 23.8 Å². The Morgan fingerprint density at radius 2 is 2.05 bits per heavy atom. The molecule has 1 saturated carbocycles. The van der Waals surface area contributed by atoms with Crippen molar-refractivity contribution in [3.63, 3.8) is 0 Å². The number of likely N-dealkylation sites (tertiary alicyclic amines) is 1. The molecular weight excluding hydrogens is 262 g/mol. The molecule has 0 amide bonds. The van der Waals surface area contributed by atoms with Gasteiger partial charge in [0, 0.05) is 30.6 Å². The third-order valence-corrected chi connectivity index (χ3v) is 4.75. The van der Waals surface area contributed by atoms with Crippen molar-refractivity contribution in [1.29, 1.82) is 0 Å². The zero-order chi connectivity index (χ0) is 15.0. The van der Waals surface area contributed by atoms with E-state index in [4.69, 9.17) is 10.7 Å². The van der Waals surface area contributed by atoms with Crippen molar-refractivity contribution < 1.29 is 0 Å². The van der Waals surface area contributed by atoms with Gasteiger partial charge in [-0.05, 0) is 52.5 Å². The second kappa shape index (κ2) is 5.79. The molecule has 116 valence electrons. The van der Waals surface area contributed by atoms with E-state index in [1.54, 1.807) is 0 Å². The van der Waals surface area contributed by atoms with E-state index in [-0.39, 0.29) is 0 Å². The van der Waals surface area contributed by atoms with Crippen LogP contribution >= 0.6 is 0 Å². The molecule has 1 aliphatic carbocycles. The van der Waals surface area contributed by atoms with Gasteiger partial charge in [0.1, 0.15) is 17.5 Å². The lowest BCUT2D eigenvalue weighted by Gasteiger charge is -2.20. The summed E-state index contributed by atoms with van der Waals surface area (Å²) in [6, 6.07) is 0.646. The highest BCUT2D eigenvalue weighted by Gasteiger charge is 2.28. The molecule has 1 unspecified atom stereocenters. The first-order valence-corrected chi connectivity index (χ1v) is 8.16. The lowest BCUT2D eigenvalue weighted by atomic mass is 10.1. The summed E-state index contributed by atoms with van der Waals surface area (Å²) in [7, 11) is 0. The standard InChI is InChI=1S/C16H27N5/c1-10(2)21-7-6-12(9-21)8-18-15-11(3)14(17)19-16(20-15)13-4-5-13/h10,12-13H,4-9H2,1-3H3,(H3,17,18,19,20). The van der Waals surface area contributed by atoms with E-state index in [1.165, 1.54) is 32.4 Å². The monoisotopic (exact) mass is 289 g/mol. The number of nitrogens with two attached hydrogens (primary N) is 1. The van der Waals surface area contributed by atoms with Gasteiger partial charge in [-0.25, -0.2) is 9.97 Å². The van der Waals surface area contributed by atoms with Gasteiger partial charge in [-0.3, -0.25) is 0 Å². The molecule has 5 nitrogen and oxygen atoms in total. The van der Waals surface area contributed by atoms with Gasteiger partial charge in [0.05, 0.1) is 0 Å². The highest BCUT2D eigenvalue weighted by molar-refractivity contribution is 5.55. The molecule has 2 aliphatic rings. The zero-order valence-electron chi connectivity index (χ0n) is 13.4. The summed E-state index contributed by atoms with van der Waals surface area (Å²) in [6.07, 6.45) is 3.67. The molecule has 1 saturated heterocycles. The fourth-order valence-electron chi connectivity index (χ4n) is 2.99. The molecule has 0 aromatic carbocycles. The second-order valence-corrected chi connectivity index (χ2v) is 6.84. The average Bonchev–Trinajstić information content (AvgIpc) is 3.18. The third kappa shape index (κ3) is 3.28. The Kier molecular flexibility index (Phi) is 4.02. The molecule has 0 spiro atoms. The van der Waals surface area contributed by atoms with Crippen LogP contribution in [-0.4, -0.2) is 40.5 Å². The van der Waals surface area contributed by atoms with Crippen molar-refractivity contribution in [2.45, 2.75) is 52.0 Å². The van der Waals surface area contributed by atoms with Crippen LogP contribution in [0.25, 0.3) is 0 Å². The maximum Gasteiger partial charge on any atom is 0.136 e. The van der Waals surface area contributed by atoms with Crippen molar-refractivity contribution in [1.82, 2.24) is 14.9 Å². The van der Waals surface area contributed by atoms with Crippen molar-refractivity contribution >= 4 is 11.6 Å². The molecule has 3 rings (SSSR count). The maximum atomic E-state index is 6.03. The minimum atomic E-state index is 0.538. The van der Waals surface area contributed by atoms with E-state index in [0.29, 0.717) is 23.7 Å². The Hall–Kier alpha value is -1.36. The molecule has 5 heteroatoms. The molecule has 1 aromatic heterocycles. The summed E-state index contributed by atoms with van der Waals surface area (Å²) in [5.74, 6) is 3.73.